The Bertz CT molecular complexity index is 8.00. The summed E-state index contributed by atoms with van der Waals surface area (Å²) in [5.74, 6) is 0. The molecule has 0 fully saturated rings. The van der Waals surface area contributed by atoms with Gasteiger partial charge in [0.05, 0.1) is 0 Å². The van der Waals surface area contributed by atoms with Crippen molar-refractivity contribution in [3.63, 3.8) is 0 Å². The summed E-state index contributed by atoms with van der Waals surface area (Å²) in [5.41, 5.74) is 0. The molecule has 23 valence electrons. The van der Waals surface area contributed by atoms with E-state index in [1.807, 2.05) is 0 Å². The Labute approximate surface area is 83.7 Å². The van der Waals surface area contributed by atoms with Gasteiger partial charge < -0.3 is 0 Å². The third kappa shape index (κ3) is 8.84. The van der Waals surface area contributed by atoms with Crippen molar-refractivity contribution in [3.05, 3.63) is 0 Å². The first-order valence-corrected chi connectivity index (χ1v) is 0. The topological polar surface area (TPSA) is 0 Å². The van der Waals surface area contributed by atoms with Crippen molar-refractivity contribution in [2.75, 3.05) is 0 Å². The second kappa shape index (κ2) is 17.1. The zero-order valence-electron chi connectivity index (χ0n) is 1.86. The molecule has 0 saturated heterocycles. The largest absolute Gasteiger partial charge is 0 e. The van der Waals surface area contributed by atoms with Crippen LogP contribution in [0.15, 0.2) is 0 Å². The molecule has 0 aliphatic rings. The van der Waals surface area contributed by atoms with Crippen LogP contribution in [0.4, 0.5) is 0 Å². The summed E-state index contributed by atoms with van der Waals surface area (Å²) in [6, 6.07) is 0. The third-order valence-electron chi connectivity index (χ3n) is 0. The Balaban J connectivity index is 0. The first kappa shape index (κ1) is 29.4. The molecule has 0 nitrogen and oxygen atoms in total. The van der Waals surface area contributed by atoms with Crippen LogP contribution in [-0.4, -0.2) is 62.7 Å². The van der Waals surface area contributed by atoms with Crippen LogP contribution < -0.4 is 0 Å². The van der Waals surface area contributed by atoms with E-state index in [1.165, 1.54) is 0 Å². The minimum absolute atomic E-state index is 0. The quantitative estimate of drug-likeness (QED) is 0.472. The van der Waals surface area contributed by atoms with Gasteiger partial charge in [-0.25, -0.2) is 0 Å². The van der Waals surface area contributed by atoms with Crippen LogP contribution in [0.3, 0.4) is 0 Å². The fourth-order valence-corrected chi connectivity index (χ4v) is 0. The molecule has 0 atom stereocenters. The Morgan fingerprint density at radius 1 is 1.00 bits per heavy atom. The molecule has 4 heteroatoms. The van der Waals surface area contributed by atoms with E-state index in [2.05, 4.69) is 0 Å². The van der Waals surface area contributed by atoms with Crippen LogP contribution in [0, 0.1) is 0 Å². The van der Waals surface area contributed by atoms with Gasteiger partial charge in [-0.3, -0.25) is 0 Å². The van der Waals surface area contributed by atoms with Crippen LogP contribution in [0.1, 0.15) is 0 Å². The maximum absolute atomic E-state index is 0. The monoisotopic (exact) mass is 371 g/mol. The molecule has 0 rings (SSSR count). The normalized spacial score (nSPS) is 0. The van der Waals surface area contributed by atoms with E-state index in [4.69, 9.17) is 0 Å². The van der Waals surface area contributed by atoms with E-state index in [1.54, 1.807) is 0 Å². The van der Waals surface area contributed by atoms with Crippen molar-refractivity contribution in [1.82, 2.24) is 0 Å². The second-order valence-electron chi connectivity index (χ2n) is 0. The maximum atomic E-state index is 0. The fraction of sp³-hybridized carbons (Fsp3) is 0. The van der Waals surface area contributed by atoms with Crippen molar-refractivity contribution in [3.8, 4) is 0 Å². The van der Waals surface area contributed by atoms with Crippen LogP contribution in [0.5, 0.6) is 0 Å². The van der Waals surface area contributed by atoms with Crippen LogP contribution in [0.25, 0.3) is 0 Å². The van der Waals surface area contributed by atoms with E-state index in [-0.39, 0.29) is 85.1 Å². The fourth-order valence-electron chi connectivity index (χ4n) is 0. The first-order valence-electron chi connectivity index (χ1n) is 0. The first-order chi connectivity index (χ1) is 0. The van der Waals surface area contributed by atoms with Gasteiger partial charge in [0.2, 0.25) is 0 Å². The molecule has 0 bridgehead atoms. The molecule has 0 unspecified atom stereocenters. The van der Waals surface area contributed by atoms with E-state index < -0.39 is 0 Å². The Morgan fingerprint density at radius 2 is 1.00 bits per heavy atom. The van der Waals surface area contributed by atoms with Gasteiger partial charge in [-0.1, -0.05) is 0 Å². The van der Waals surface area contributed by atoms with E-state index in [0.717, 1.165) is 0 Å². The molecule has 0 aromatic carbocycles. The van der Waals surface area contributed by atoms with Gasteiger partial charge in [0.1, 0.15) is 0 Å². The smallest absolute Gasteiger partial charge is 0 e. The molecule has 4 heavy (non-hydrogen) atoms. The molecule has 0 heterocycles. The molecule has 0 aromatic heterocycles. The average molecular weight is 371 g/mol. The Hall–Kier alpha value is 2.77. The van der Waals surface area contributed by atoms with Crippen molar-refractivity contribution in [2.24, 2.45) is 0 Å². The van der Waals surface area contributed by atoms with Gasteiger partial charge in [-0.15, -0.1) is 0 Å². The van der Waals surface area contributed by atoms with Gasteiger partial charge in [0, 0.05) is 85.1 Å². The van der Waals surface area contributed by atoms with Crippen molar-refractivity contribution >= 4 is 62.7 Å². The van der Waals surface area contributed by atoms with E-state index >= 15 is 0 Å². The molecule has 9 radical (unpaired) electrons. The summed E-state index contributed by atoms with van der Waals surface area (Å²) in [6.45, 7) is 0. The zero-order chi connectivity index (χ0) is 0. The minimum Gasteiger partial charge on any atom is 0 e. The SMILES string of the molecule is [Ag].[Ga].[In].[Se]. The van der Waals surface area contributed by atoms with Crippen LogP contribution in [0.2, 0.25) is 0 Å². The summed E-state index contributed by atoms with van der Waals surface area (Å²) < 4.78 is 0. The molecule has 0 amide bonds. The average Bonchev–Trinajstić information content (AvgIpc) is 0. The molecule has 0 aliphatic heterocycles. The van der Waals surface area contributed by atoms with Crippen molar-refractivity contribution < 1.29 is 22.4 Å². The van der Waals surface area contributed by atoms with Crippen LogP contribution >= 0.6 is 0 Å². The Morgan fingerprint density at radius 3 is 1.00 bits per heavy atom. The molecular weight excluding hydrogens is 371 g/mol. The minimum atomic E-state index is 0. The number of hydrogen-bond donors (Lipinski definition) is 0. The molecular formula is AgGaInSe. The van der Waals surface area contributed by atoms with Gasteiger partial charge in [-0.2, -0.15) is 0 Å². The van der Waals surface area contributed by atoms with Gasteiger partial charge in [0.25, 0.3) is 0 Å². The molecule has 0 aliphatic carbocycles. The van der Waals surface area contributed by atoms with Crippen molar-refractivity contribution in [2.45, 2.75) is 0 Å². The van der Waals surface area contributed by atoms with Gasteiger partial charge in [0.15, 0.2) is 0 Å². The van der Waals surface area contributed by atoms with Crippen LogP contribution in [-0.2, 0) is 22.4 Å². The summed E-state index contributed by atoms with van der Waals surface area (Å²) in [6.07, 6.45) is 0. The predicted molar refractivity (Wildman–Crippen MR) is 17.3 cm³/mol. The van der Waals surface area contributed by atoms with E-state index in [9.17, 15) is 0 Å². The zero-order valence-corrected chi connectivity index (χ0v) is 10.8. The summed E-state index contributed by atoms with van der Waals surface area (Å²) in [7, 11) is 0. The maximum Gasteiger partial charge on any atom is 0 e. The predicted octanol–water partition coefficient (Wildman–Crippen LogP) is -1.14. The number of rotatable bonds is 0. The van der Waals surface area contributed by atoms with E-state index in [0.29, 0.717) is 0 Å². The Kier molecular flexibility index (Phi) is 126. The molecule has 0 aromatic rings. The number of hydrogen-bond acceptors (Lipinski definition) is 0. The standard InChI is InChI=1S/Ag.Ga.In.Se. The summed E-state index contributed by atoms with van der Waals surface area (Å²) >= 11 is 0. The van der Waals surface area contributed by atoms with Crippen molar-refractivity contribution in [1.29, 1.82) is 0 Å². The van der Waals surface area contributed by atoms with Gasteiger partial charge >= 0.3 is 0 Å². The molecule has 0 spiro atoms. The molecule has 0 N–H and O–H groups in total. The molecule has 0 saturated carbocycles. The summed E-state index contributed by atoms with van der Waals surface area (Å²) in [5, 5.41) is 0. The van der Waals surface area contributed by atoms with Gasteiger partial charge in [-0.05, 0) is 0 Å². The second-order valence-corrected chi connectivity index (χ2v) is 0. The third-order valence-corrected chi connectivity index (χ3v) is 0. The summed E-state index contributed by atoms with van der Waals surface area (Å²) in [4.78, 5) is 0.